The Morgan fingerprint density at radius 2 is 1.89 bits per heavy atom. The van der Waals surface area contributed by atoms with Crippen LogP contribution >= 0.6 is 11.6 Å². The molecule has 0 saturated carbocycles. The van der Waals surface area contributed by atoms with Gasteiger partial charge in [0.05, 0.1) is 36.1 Å². The van der Waals surface area contributed by atoms with E-state index in [-0.39, 0.29) is 47.8 Å². The summed E-state index contributed by atoms with van der Waals surface area (Å²) in [7, 11) is -4.37. The number of rotatable bonds is 8. The minimum atomic E-state index is -4.37. The normalized spacial score (nSPS) is 23.8. The number of pyridine rings is 1. The van der Waals surface area contributed by atoms with Gasteiger partial charge in [-0.1, -0.05) is 18.5 Å². The molecule has 4 heterocycles. The standard InChI is InChI=1S/C22H22ClF2N3O7S/c1-2-3-32-10-4-13(24)11(14(25)5-10)9-36(30,31)21-12(23)6-15-20(27-21)28-22(26-15)35-17-8-34-18-16(29)7-33-19(17)18/h4-6,16-19,29H,2-3,7-9H2,1H3,(H,26,27,28)/t16-,17-,18-,19-/m1/s1. The lowest BCUT2D eigenvalue weighted by atomic mass is 10.1. The Kier molecular flexibility index (Phi) is 6.76. The van der Waals surface area contributed by atoms with Gasteiger partial charge in [0.25, 0.3) is 6.01 Å². The van der Waals surface area contributed by atoms with Gasteiger partial charge in [0.1, 0.15) is 35.7 Å². The molecule has 2 aliphatic heterocycles. The van der Waals surface area contributed by atoms with Crippen molar-refractivity contribution >= 4 is 32.6 Å². The van der Waals surface area contributed by atoms with Gasteiger partial charge in [-0.25, -0.2) is 22.2 Å². The molecule has 0 unspecified atom stereocenters. The average Bonchev–Trinajstić information content (AvgIpc) is 3.51. The van der Waals surface area contributed by atoms with Crippen molar-refractivity contribution in [2.24, 2.45) is 0 Å². The number of benzene rings is 1. The predicted octanol–water partition coefficient (Wildman–Crippen LogP) is 2.56. The minimum Gasteiger partial charge on any atom is -0.493 e. The number of aromatic nitrogens is 3. The minimum absolute atomic E-state index is 0.0158. The number of aromatic amines is 1. The van der Waals surface area contributed by atoms with E-state index in [2.05, 4.69) is 15.0 Å². The lowest BCUT2D eigenvalue weighted by Gasteiger charge is -2.15. The van der Waals surface area contributed by atoms with Gasteiger partial charge in [-0.2, -0.15) is 4.98 Å². The molecule has 2 fully saturated rings. The van der Waals surface area contributed by atoms with E-state index in [4.69, 9.17) is 30.5 Å². The van der Waals surface area contributed by atoms with Crippen LogP contribution in [0, 0.1) is 11.6 Å². The van der Waals surface area contributed by atoms with Crippen molar-refractivity contribution in [3.63, 3.8) is 0 Å². The van der Waals surface area contributed by atoms with Crippen molar-refractivity contribution in [3.8, 4) is 11.8 Å². The molecule has 0 spiro atoms. The maximum atomic E-state index is 14.5. The zero-order valence-electron chi connectivity index (χ0n) is 18.9. The van der Waals surface area contributed by atoms with E-state index in [0.29, 0.717) is 6.42 Å². The number of sulfone groups is 1. The van der Waals surface area contributed by atoms with Gasteiger partial charge < -0.3 is 29.0 Å². The third kappa shape index (κ3) is 4.73. The second kappa shape index (κ2) is 9.71. The Morgan fingerprint density at radius 1 is 1.17 bits per heavy atom. The first kappa shape index (κ1) is 25.1. The average molecular weight is 546 g/mol. The van der Waals surface area contributed by atoms with Gasteiger partial charge in [-0.15, -0.1) is 0 Å². The van der Waals surface area contributed by atoms with Gasteiger partial charge in [0.15, 0.2) is 16.8 Å². The number of hydrogen-bond donors (Lipinski definition) is 2. The van der Waals surface area contributed by atoms with E-state index < -0.39 is 62.2 Å². The molecule has 14 heteroatoms. The van der Waals surface area contributed by atoms with Gasteiger partial charge in [0.2, 0.25) is 9.84 Å². The highest BCUT2D eigenvalue weighted by Gasteiger charge is 2.48. The Hall–Kier alpha value is -2.58. The van der Waals surface area contributed by atoms with Crippen molar-refractivity contribution in [2.75, 3.05) is 19.8 Å². The summed E-state index contributed by atoms with van der Waals surface area (Å²) in [4.78, 5) is 11.0. The fraction of sp³-hybridized carbons (Fsp3) is 0.455. The van der Waals surface area contributed by atoms with Crippen molar-refractivity contribution in [2.45, 2.75) is 48.5 Å². The van der Waals surface area contributed by atoms with Gasteiger partial charge in [0, 0.05) is 17.7 Å². The Bertz CT molecular complexity index is 1380. The van der Waals surface area contributed by atoms with E-state index in [1.54, 1.807) is 0 Å². The zero-order valence-corrected chi connectivity index (χ0v) is 20.5. The largest absolute Gasteiger partial charge is 0.493 e. The number of nitrogens with zero attached hydrogens (tertiary/aromatic N) is 2. The first-order chi connectivity index (χ1) is 17.2. The third-order valence-corrected chi connectivity index (χ3v) is 7.80. The molecule has 0 radical (unpaired) electrons. The van der Waals surface area contributed by atoms with Gasteiger partial charge in [-0.05, 0) is 12.5 Å². The number of fused-ring (bicyclic) bond motifs is 2. The number of aliphatic hydroxyl groups is 1. The predicted molar refractivity (Wildman–Crippen MR) is 122 cm³/mol. The maximum Gasteiger partial charge on any atom is 0.296 e. The maximum absolute atomic E-state index is 14.5. The van der Waals surface area contributed by atoms with Crippen LogP contribution in [-0.2, 0) is 25.1 Å². The molecule has 1 aromatic carbocycles. The van der Waals surface area contributed by atoms with Crippen molar-refractivity contribution < 1.29 is 41.3 Å². The number of imidazole rings is 1. The molecule has 10 nitrogen and oxygen atoms in total. The topological polar surface area (TPSA) is 133 Å². The van der Waals surface area contributed by atoms with Crippen LogP contribution in [0.1, 0.15) is 18.9 Å². The van der Waals surface area contributed by atoms with Crippen molar-refractivity contribution in [3.05, 3.63) is 40.4 Å². The van der Waals surface area contributed by atoms with Crippen LogP contribution in [0.4, 0.5) is 8.78 Å². The Morgan fingerprint density at radius 3 is 2.61 bits per heavy atom. The zero-order chi connectivity index (χ0) is 25.6. The lowest BCUT2D eigenvalue weighted by molar-refractivity contribution is 0.00706. The number of hydrogen-bond acceptors (Lipinski definition) is 9. The summed E-state index contributed by atoms with van der Waals surface area (Å²) in [5, 5.41) is 9.03. The van der Waals surface area contributed by atoms with E-state index in [0.717, 1.165) is 12.1 Å². The number of halogens is 3. The second-order valence-electron chi connectivity index (χ2n) is 8.48. The molecule has 0 aliphatic carbocycles. The molecular formula is C22H22ClF2N3O7S. The van der Waals surface area contributed by atoms with Crippen LogP contribution < -0.4 is 9.47 Å². The van der Waals surface area contributed by atoms with E-state index in [1.807, 2.05) is 6.92 Å². The third-order valence-electron chi connectivity index (χ3n) is 5.83. The highest BCUT2D eigenvalue weighted by molar-refractivity contribution is 7.90. The second-order valence-corrected chi connectivity index (χ2v) is 10.8. The molecule has 2 aliphatic rings. The highest BCUT2D eigenvalue weighted by atomic mass is 35.5. The molecule has 2 N–H and O–H groups in total. The lowest BCUT2D eigenvalue weighted by Crippen LogP contribution is -2.34. The number of nitrogens with one attached hydrogen (secondary N) is 1. The SMILES string of the molecule is CCCOc1cc(F)c(CS(=O)(=O)c2nc3nc(O[C@@H]4CO[C@H]5[C@@H]4OC[C@H]5O)[nH]c3cc2Cl)c(F)c1. The summed E-state index contributed by atoms with van der Waals surface area (Å²) in [6, 6.07) is 3.17. The molecule has 0 bridgehead atoms. The fourth-order valence-corrected chi connectivity index (χ4v) is 6.00. The molecule has 2 aromatic heterocycles. The summed E-state index contributed by atoms with van der Waals surface area (Å²) in [5.41, 5.74) is -0.399. The summed E-state index contributed by atoms with van der Waals surface area (Å²) >= 11 is 6.18. The van der Waals surface area contributed by atoms with Crippen LogP contribution in [0.25, 0.3) is 11.2 Å². The molecule has 4 atom stereocenters. The number of aliphatic hydroxyl groups excluding tert-OH is 1. The van der Waals surface area contributed by atoms with Crippen LogP contribution in [0.5, 0.6) is 11.8 Å². The quantitative estimate of drug-likeness (QED) is 0.438. The summed E-state index contributed by atoms with van der Waals surface area (Å²) in [6.07, 6.45) is -1.65. The molecule has 0 amide bonds. The first-order valence-electron chi connectivity index (χ1n) is 11.1. The van der Waals surface area contributed by atoms with E-state index in [1.165, 1.54) is 6.07 Å². The monoisotopic (exact) mass is 545 g/mol. The fourth-order valence-electron chi connectivity index (χ4n) is 4.12. The molecule has 2 saturated heterocycles. The van der Waals surface area contributed by atoms with Crippen LogP contribution in [0.2, 0.25) is 5.02 Å². The summed E-state index contributed by atoms with van der Waals surface area (Å²) in [5.74, 6) is -3.17. The van der Waals surface area contributed by atoms with Crippen molar-refractivity contribution in [1.82, 2.24) is 15.0 Å². The molecule has 3 aromatic rings. The van der Waals surface area contributed by atoms with E-state index >= 15 is 0 Å². The number of ether oxygens (including phenoxy) is 4. The smallest absolute Gasteiger partial charge is 0.296 e. The Labute approximate surface area is 209 Å². The first-order valence-corrected chi connectivity index (χ1v) is 13.2. The van der Waals surface area contributed by atoms with E-state index in [9.17, 15) is 22.3 Å². The molecule has 194 valence electrons. The highest BCUT2D eigenvalue weighted by Crippen LogP contribution is 2.32. The summed E-state index contributed by atoms with van der Waals surface area (Å²) in [6.45, 7) is 2.39. The molecular weight excluding hydrogens is 524 g/mol. The van der Waals surface area contributed by atoms with Crippen LogP contribution in [0.15, 0.2) is 23.2 Å². The van der Waals surface area contributed by atoms with Crippen LogP contribution in [0.3, 0.4) is 0 Å². The van der Waals surface area contributed by atoms with Gasteiger partial charge >= 0.3 is 0 Å². The molecule has 5 rings (SSSR count). The number of H-pyrrole nitrogens is 1. The van der Waals surface area contributed by atoms with Crippen molar-refractivity contribution in [1.29, 1.82) is 0 Å². The molecule has 36 heavy (non-hydrogen) atoms. The summed E-state index contributed by atoms with van der Waals surface area (Å²) < 4.78 is 77.2. The van der Waals surface area contributed by atoms with Crippen LogP contribution in [-0.4, -0.2) is 72.7 Å². The Balaban J connectivity index is 1.38. The van der Waals surface area contributed by atoms with Gasteiger partial charge in [-0.3, -0.25) is 0 Å².